The molecule has 0 radical (unpaired) electrons. The van der Waals surface area contributed by atoms with Gasteiger partial charge < -0.3 is 10.6 Å². The average molecular weight is 494 g/mol. The number of anilines is 3. The first kappa shape index (κ1) is 23.5. The van der Waals surface area contributed by atoms with Crippen molar-refractivity contribution in [3.63, 3.8) is 0 Å². The van der Waals surface area contributed by atoms with Gasteiger partial charge in [0.25, 0.3) is 17.7 Å². The summed E-state index contributed by atoms with van der Waals surface area (Å²) in [6, 6.07) is 19.1. The van der Waals surface area contributed by atoms with Crippen LogP contribution < -0.4 is 15.5 Å². The molecule has 34 heavy (non-hydrogen) atoms. The predicted octanol–water partition coefficient (Wildman–Crippen LogP) is 5.90. The van der Waals surface area contributed by atoms with Crippen LogP contribution in [0.1, 0.15) is 28.4 Å². The largest absolute Gasteiger partial charge is 0.349 e. The Balaban J connectivity index is 1.56. The first-order chi connectivity index (χ1) is 16.3. The molecule has 172 valence electrons. The number of benzene rings is 3. The van der Waals surface area contributed by atoms with Gasteiger partial charge in [0.2, 0.25) is 0 Å². The topological polar surface area (TPSA) is 78.5 Å². The van der Waals surface area contributed by atoms with E-state index in [0.717, 1.165) is 16.9 Å². The third-order valence-electron chi connectivity index (χ3n) is 5.47. The van der Waals surface area contributed by atoms with Gasteiger partial charge in [-0.2, -0.15) is 0 Å². The van der Waals surface area contributed by atoms with Crippen LogP contribution in [0.5, 0.6) is 0 Å². The van der Waals surface area contributed by atoms with E-state index in [4.69, 9.17) is 23.2 Å². The number of carbonyl (C=O) groups is 3. The summed E-state index contributed by atoms with van der Waals surface area (Å²) in [5, 5.41) is 5.96. The highest BCUT2D eigenvalue weighted by molar-refractivity contribution is 6.53. The molecular formula is C26H21Cl2N3O3. The average Bonchev–Trinajstić information content (AvgIpc) is 3.03. The molecule has 1 aliphatic rings. The third-order valence-corrected chi connectivity index (χ3v) is 6.06. The molecule has 1 aliphatic heterocycles. The summed E-state index contributed by atoms with van der Waals surface area (Å²) in [5.41, 5.74) is 3.73. The maximum Gasteiger partial charge on any atom is 0.283 e. The molecule has 4 rings (SSSR count). The number of amides is 3. The molecule has 0 aliphatic carbocycles. The molecule has 6 nitrogen and oxygen atoms in total. The van der Waals surface area contributed by atoms with Crippen LogP contribution in [0.2, 0.25) is 5.02 Å². The van der Waals surface area contributed by atoms with Crippen LogP contribution >= 0.6 is 23.2 Å². The van der Waals surface area contributed by atoms with Crippen molar-refractivity contribution in [1.29, 1.82) is 0 Å². The van der Waals surface area contributed by atoms with E-state index in [-0.39, 0.29) is 16.6 Å². The van der Waals surface area contributed by atoms with Crippen molar-refractivity contribution in [1.82, 2.24) is 0 Å². The lowest BCUT2D eigenvalue weighted by Gasteiger charge is -2.16. The van der Waals surface area contributed by atoms with Crippen molar-refractivity contribution in [2.24, 2.45) is 0 Å². The van der Waals surface area contributed by atoms with Gasteiger partial charge in [-0.3, -0.25) is 14.4 Å². The highest BCUT2D eigenvalue weighted by Gasteiger charge is 2.39. The molecule has 0 saturated carbocycles. The van der Waals surface area contributed by atoms with E-state index in [1.807, 2.05) is 31.2 Å². The smallest absolute Gasteiger partial charge is 0.283 e. The number of nitrogens with zero attached hydrogens (tertiary/aromatic N) is 1. The van der Waals surface area contributed by atoms with Crippen molar-refractivity contribution in [2.45, 2.75) is 20.3 Å². The second-order valence-corrected chi connectivity index (χ2v) is 8.59. The molecular weight excluding hydrogens is 473 g/mol. The van der Waals surface area contributed by atoms with Crippen LogP contribution in [0, 0.1) is 6.92 Å². The Hall–Kier alpha value is -3.61. The molecule has 0 bridgehead atoms. The number of rotatable bonds is 6. The number of aryl methyl sites for hydroxylation is 2. The van der Waals surface area contributed by atoms with E-state index in [9.17, 15) is 14.4 Å². The second kappa shape index (κ2) is 9.71. The molecule has 2 N–H and O–H groups in total. The van der Waals surface area contributed by atoms with Crippen LogP contribution in [-0.2, 0) is 16.0 Å². The molecule has 0 spiro atoms. The summed E-state index contributed by atoms with van der Waals surface area (Å²) in [4.78, 5) is 39.5. The number of hydrogen-bond acceptors (Lipinski definition) is 4. The van der Waals surface area contributed by atoms with Crippen LogP contribution in [0.4, 0.5) is 17.1 Å². The van der Waals surface area contributed by atoms with E-state index in [2.05, 4.69) is 17.6 Å². The zero-order valence-electron chi connectivity index (χ0n) is 18.5. The Morgan fingerprint density at radius 2 is 1.68 bits per heavy atom. The van der Waals surface area contributed by atoms with Gasteiger partial charge in [-0.15, -0.1) is 0 Å². The fraction of sp³-hybridized carbons (Fsp3) is 0.115. The zero-order chi connectivity index (χ0) is 24.4. The molecule has 0 fully saturated rings. The Morgan fingerprint density at radius 1 is 0.941 bits per heavy atom. The quantitative estimate of drug-likeness (QED) is 0.419. The van der Waals surface area contributed by atoms with Gasteiger partial charge in [-0.05, 0) is 66.9 Å². The number of nitrogens with one attached hydrogen (secondary N) is 2. The molecule has 0 saturated heterocycles. The fourth-order valence-corrected chi connectivity index (χ4v) is 3.92. The van der Waals surface area contributed by atoms with Crippen LogP contribution in [0.3, 0.4) is 0 Å². The fourth-order valence-electron chi connectivity index (χ4n) is 3.52. The zero-order valence-corrected chi connectivity index (χ0v) is 20.0. The van der Waals surface area contributed by atoms with Crippen molar-refractivity contribution >= 4 is 58.0 Å². The number of imide groups is 1. The minimum absolute atomic E-state index is 0.0672. The molecule has 0 atom stereocenters. The van der Waals surface area contributed by atoms with Gasteiger partial charge in [0.1, 0.15) is 10.7 Å². The second-order valence-electron chi connectivity index (χ2n) is 7.77. The normalized spacial score (nSPS) is 13.5. The van der Waals surface area contributed by atoms with Gasteiger partial charge >= 0.3 is 0 Å². The van der Waals surface area contributed by atoms with Gasteiger partial charge in [0, 0.05) is 22.0 Å². The summed E-state index contributed by atoms with van der Waals surface area (Å²) in [6.07, 6.45) is 0.912. The van der Waals surface area contributed by atoms with E-state index < -0.39 is 11.8 Å². The summed E-state index contributed by atoms with van der Waals surface area (Å²) in [7, 11) is 0. The van der Waals surface area contributed by atoms with Gasteiger partial charge in [-0.25, -0.2) is 4.90 Å². The monoisotopic (exact) mass is 493 g/mol. The predicted molar refractivity (Wildman–Crippen MR) is 135 cm³/mol. The lowest BCUT2D eigenvalue weighted by atomic mass is 10.1. The number of hydrogen-bond donors (Lipinski definition) is 2. The van der Waals surface area contributed by atoms with Crippen LogP contribution in [0.15, 0.2) is 77.5 Å². The van der Waals surface area contributed by atoms with Gasteiger partial charge in [0.05, 0.1) is 5.69 Å². The minimum atomic E-state index is -0.654. The Morgan fingerprint density at radius 3 is 2.35 bits per heavy atom. The highest BCUT2D eigenvalue weighted by Crippen LogP contribution is 2.32. The lowest BCUT2D eigenvalue weighted by molar-refractivity contribution is -0.120. The van der Waals surface area contributed by atoms with Crippen molar-refractivity contribution in [3.8, 4) is 0 Å². The first-order valence-electron chi connectivity index (χ1n) is 10.6. The molecule has 3 aromatic rings. The lowest BCUT2D eigenvalue weighted by Crippen LogP contribution is -2.32. The molecule has 1 heterocycles. The summed E-state index contributed by atoms with van der Waals surface area (Å²) >= 11 is 12.3. The summed E-state index contributed by atoms with van der Waals surface area (Å²) in [6.45, 7) is 3.88. The molecule has 0 aromatic heterocycles. The van der Waals surface area contributed by atoms with Crippen LogP contribution in [0.25, 0.3) is 0 Å². The van der Waals surface area contributed by atoms with Crippen molar-refractivity contribution in [2.75, 3.05) is 15.5 Å². The van der Waals surface area contributed by atoms with E-state index in [1.165, 1.54) is 11.6 Å². The highest BCUT2D eigenvalue weighted by atomic mass is 35.5. The standard InChI is InChI=1S/C26H21Cl2N3O3/c1-3-16-8-11-19(12-9-16)29-24(32)17-10-7-15(2)21(13-17)30-23-22(28)25(33)31(26(23)34)20-6-4-5-18(27)14-20/h4-14,30H,3H2,1-2H3,(H,29,32). The van der Waals surface area contributed by atoms with Gasteiger partial charge in [0.15, 0.2) is 0 Å². The Labute approximate surface area is 207 Å². The first-order valence-corrected chi connectivity index (χ1v) is 11.4. The van der Waals surface area contributed by atoms with Crippen molar-refractivity contribution < 1.29 is 14.4 Å². The van der Waals surface area contributed by atoms with E-state index >= 15 is 0 Å². The van der Waals surface area contributed by atoms with Crippen molar-refractivity contribution in [3.05, 3.63) is 99.2 Å². The molecule has 8 heteroatoms. The van der Waals surface area contributed by atoms with E-state index in [1.54, 1.807) is 36.4 Å². The maximum absolute atomic E-state index is 13.0. The summed E-state index contributed by atoms with van der Waals surface area (Å²) in [5.74, 6) is -1.57. The Bertz CT molecular complexity index is 1330. The third kappa shape index (κ3) is 4.69. The van der Waals surface area contributed by atoms with Crippen LogP contribution in [-0.4, -0.2) is 17.7 Å². The molecule has 3 amide bonds. The van der Waals surface area contributed by atoms with E-state index in [0.29, 0.717) is 27.6 Å². The van der Waals surface area contributed by atoms with Gasteiger partial charge in [-0.1, -0.05) is 54.4 Å². The minimum Gasteiger partial charge on any atom is -0.349 e. The number of halogens is 2. The maximum atomic E-state index is 13.0. The SMILES string of the molecule is CCc1ccc(NC(=O)c2ccc(C)c(NC3=C(Cl)C(=O)N(c4cccc(Cl)c4)C3=O)c2)cc1. The number of carbonyl (C=O) groups excluding carboxylic acids is 3. The Kier molecular flexibility index (Phi) is 6.72. The molecule has 3 aromatic carbocycles. The summed E-state index contributed by atoms with van der Waals surface area (Å²) < 4.78 is 0. The molecule has 0 unspecified atom stereocenters.